The molecule has 0 bridgehead atoms. The lowest BCUT2D eigenvalue weighted by Crippen LogP contribution is -2.41. The number of anilines is 1. The first kappa shape index (κ1) is 22.4. The third-order valence-corrected chi connectivity index (χ3v) is 7.51. The number of benzene rings is 2. The molecular formula is C23H28N2O6S. The van der Waals surface area contributed by atoms with Gasteiger partial charge in [-0.3, -0.25) is 4.79 Å². The lowest BCUT2D eigenvalue weighted by Gasteiger charge is -2.30. The van der Waals surface area contributed by atoms with Crippen LogP contribution in [0.15, 0.2) is 47.4 Å². The largest absolute Gasteiger partial charge is 0.494 e. The maximum Gasteiger partial charge on any atom is 0.243 e. The normalized spacial score (nSPS) is 17.4. The smallest absolute Gasteiger partial charge is 0.243 e. The summed E-state index contributed by atoms with van der Waals surface area (Å²) in [5, 5.41) is 2.91. The Labute approximate surface area is 188 Å². The van der Waals surface area contributed by atoms with E-state index in [2.05, 4.69) is 5.32 Å². The van der Waals surface area contributed by atoms with Gasteiger partial charge in [0.15, 0.2) is 11.5 Å². The van der Waals surface area contributed by atoms with Crippen molar-refractivity contribution in [2.75, 3.05) is 38.2 Å². The van der Waals surface area contributed by atoms with Gasteiger partial charge in [0.25, 0.3) is 0 Å². The molecule has 1 amide bonds. The Bertz CT molecular complexity index is 1050. The van der Waals surface area contributed by atoms with Gasteiger partial charge < -0.3 is 19.5 Å². The third-order valence-electron chi connectivity index (χ3n) is 5.61. The van der Waals surface area contributed by atoms with E-state index in [0.29, 0.717) is 49.8 Å². The van der Waals surface area contributed by atoms with E-state index < -0.39 is 10.0 Å². The monoisotopic (exact) mass is 460 g/mol. The number of amides is 1. The molecule has 0 spiro atoms. The van der Waals surface area contributed by atoms with Crippen molar-refractivity contribution in [2.24, 2.45) is 5.92 Å². The van der Waals surface area contributed by atoms with Crippen molar-refractivity contribution in [1.82, 2.24) is 4.31 Å². The molecule has 0 aromatic heterocycles. The summed E-state index contributed by atoms with van der Waals surface area (Å²) >= 11 is 0. The van der Waals surface area contributed by atoms with Crippen LogP contribution in [0.3, 0.4) is 0 Å². The molecule has 4 rings (SSSR count). The van der Waals surface area contributed by atoms with Crippen LogP contribution in [0.1, 0.15) is 26.2 Å². The number of rotatable bonds is 6. The molecule has 0 saturated carbocycles. The van der Waals surface area contributed by atoms with Gasteiger partial charge in [-0.05, 0) is 56.2 Å². The molecule has 0 aliphatic carbocycles. The predicted octanol–water partition coefficient (Wildman–Crippen LogP) is 3.29. The van der Waals surface area contributed by atoms with Crippen LogP contribution in [-0.4, -0.2) is 51.5 Å². The quantitative estimate of drug-likeness (QED) is 0.711. The number of carbonyl (C=O) groups excluding carboxylic acids is 1. The molecule has 0 radical (unpaired) electrons. The Morgan fingerprint density at radius 2 is 1.75 bits per heavy atom. The van der Waals surface area contributed by atoms with Crippen LogP contribution in [0, 0.1) is 5.92 Å². The second kappa shape index (κ2) is 9.79. The Kier molecular flexibility index (Phi) is 6.86. The van der Waals surface area contributed by atoms with Gasteiger partial charge in [0, 0.05) is 37.2 Å². The molecule has 0 atom stereocenters. The molecule has 1 saturated heterocycles. The molecule has 9 heteroatoms. The van der Waals surface area contributed by atoms with E-state index in [1.807, 2.05) is 19.1 Å². The van der Waals surface area contributed by atoms with E-state index in [4.69, 9.17) is 14.2 Å². The Balaban J connectivity index is 1.36. The van der Waals surface area contributed by atoms with Crippen molar-refractivity contribution in [2.45, 2.75) is 31.1 Å². The highest BCUT2D eigenvalue weighted by Crippen LogP contribution is 2.34. The third kappa shape index (κ3) is 4.99. The van der Waals surface area contributed by atoms with Crippen molar-refractivity contribution >= 4 is 21.6 Å². The van der Waals surface area contributed by atoms with Crippen molar-refractivity contribution in [3.8, 4) is 17.2 Å². The zero-order valence-corrected chi connectivity index (χ0v) is 18.9. The number of carbonyl (C=O) groups is 1. The fraction of sp³-hybridized carbons (Fsp3) is 0.435. The van der Waals surface area contributed by atoms with Crippen LogP contribution < -0.4 is 19.5 Å². The van der Waals surface area contributed by atoms with Gasteiger partial charge in [-0.15, -0.1) is 0 Å². The summed E-state index contributed by atoms with van der Waals surface area (Å²) in [5.41, 5.74) is 0.695. The van der Waals surface area contributed by atoms with Crippen molar-refractivity contribution in [3.63, 3.8) is 0 Å². The Morgan fingerprint density at radius 3 is 2.44 bits per heavy atom. The second-order valence-corrected chi connectivity index (χ2v) is 9.72. The number of nitrogens with one attached hydrogen (secondary N) is 1. The lowest BCUT2D eigenvalue weighted by molar-refractivity contribution is -0.120. The number of hydrogen-bond donors (Lipinski definition) is 1. The number of hydrogen-bond acceptors (Lipinski definition) is 6. The minimum atomic E-state index is -3.67. The van der Waals surface area contributed by atoms with E-state index >= 15 is 0 Å². The summed E-state index contributed by atoms with van der Waals surface area (Å²) < 4.78 is 44.3. The van der Waals surface area contributed by atoms with Crippen LogP contribution in [0.2, 0.25) is 0 Å². The molecular weight excluding hydrogens is 432 g/mol. The molecule has 1 fully saturated rings. The number of nitrogens with zero attached hydrogens (tertiary/aromatic N) is 1. The van der Waals surface area contributed by atoms with Gasteiger partial charge in [0.05, 0.1) is 24.7 Å². The summed E-state index contributed by atoms with van der Waals surface area (Å²) in [6, 6.07) is 11.9. The molecule has 2 aliphatic rings. The summed E-state index contributed by atoms with van der Waals surface area (Å²) in [7, 11) is -3.67. The van der Waals surface area contributed by atoms with Crippen LogP contribution in [0.25, 0.3) is 0 Å². The maximum atomic E-state index is 13.1. The van der Waals surface area contributed by atoms with E-state index in [-0.39, 0.29) is 29.8 Å². The first-order chi connectivity index (χ1) is 15.5. The maximum absolute atomic E-state index is 13.1. The van der Waals surface area contributed by atoms with Gasteiger partial charge in [0.1, 0.15) is 5.75 Å². The van der Waals surface area contributed by atoms with Crippen LogP contribution in [-0.2, 0) is 14.8 Å². The van der Waals surface area contributed by atoms with E-state index in [9.17, 15) is 13.2 Å². The Morgan fingerprint density at radius 1 is 1.06 bits per heavy atom. The van der Waals surface area contributed by atoms with Crippen LogP contribution in [0.4, 0.5) is 5.69 Å². The topological polar surface area (TPSA) is 94.2 Å². The molecule has 2 heterocycles. The highest BCUT2D eigenvalue weighted by atomic mass is 32.2. The van der Waals surface area contributed by atoms with E-state index in [0.717, 1.165) is 12.2 Å². The zero-order valence-electron chi connectivity index (χ0n) is 18.1. The van der Waals surface area contributed by atoms with Crippen molar-refractivity contribution in [3.05, 3.63) is 42.5 Å². The van der Waals surface area contributed by atoms with Gasteiger partial charge in [-0.2, -0.15) is 4.31 Å². The number of sulfonamides is 1. The lowest BCUT2D eigenvalue weighted by atomic mass is 9.97. The summed E-state index contributed by atoms with van der Waals surface area (Å²) in [5.74, 6) is 1.43. The van der Waals surface area contributed by atoms with E-state index in [1.54, 1.807) is 24.3 Å². The fourth-order valence-electron chi connectivity index (χ4n) is 3.86. The molecule has 2 aliphatic heterocycles. The minimum Gasteiger partial charge on any atom is -0.494 e. The predicted molar refractivity (Wildman–Crippen MR) is 120 cm³/mol. The zero-order chi connectivity index (χ0) is 22.6. The summed E-state index contributed by atoms with van der Waals surface area (Å²) in [6.45, 7) is 4.11. The molecule has 8 nitrogen and oxygen atoms in total. The highest BCUT2D eigenvalue weighted by molar-refractivity contribution is 7.89. The van der Waals surface area contributed by atoms with Gasteiger partial charge in [0.2, 0.25) is 15.9 Å². The molecule has 172 valence electrons. The van der Waals surface area contributed by atoms with Gasteiger partial charge >= 0.3 is 0 Å². The number of piperidine rings is 1. The molecule has 1 N–H and O–H groups in total. The molecule has 2 aromatic rings. The summed E-state index contributed by atoms with van der Waals surface area (Å²) in [4.78, 5) is 12.8. The summed E-state index contributed by atoms with van der Waals surface area (Å²) in [6.07, 6.45) is 1.68. The van der Waals surface area contributed by atoms with Crippen LogP contribution >= 0.6 is 0 Å². The standard InChI is InChI=1S/C23H28N2O6S/c1-2-29-19-6-4-18(5-7-19)24-23(26)17-10-12-25(13-11-17)32(27,28)20-8-9-21-22(16-20)31-15-3-14-30-21/h4-9,16-17H,2-3,10-15H2,1H3,(H,24,26). The second-order valence-electron chi connectivity index (χ2n) is 7.78. The average molecular weight is 461 g/mol. The Hall–Kier alpha value is -2.78. The first-order valence-electron chi connectivity index (χ1n) is 10.9. The number of ether oxygens (including phenoxy) is 3. The average Bonchev–Trinajstić information content (AvgIpc) is 3.05. The molecule has 0 unspecified atom stereocenters. The van der Waals surface area contributed by atoms with Gasteiger partial charge in [-0.1, -0.05) is 0 Å². The molecule has 32 heavy (non-hydrogen) atoms. The number of fused-ring (bicyclic) bond motifs is 1. The van der Waals surface area contributed by atoms with Crippen molar-refractivity contribution < 1.29 is 27.4 Å². The fourth-order valence-corrected chi connectivity index (χ4v) is 5.34. The minimum absolute atomic E-state index is 0.0956. The van der Waals surface area contributed by atoms with Gasteiger partial charge in [-0.25, -0.2) is 8.42 Å². The van der Waals surface area contributed by atoms with Crippen molar-refractivity contribution in [1.29, 1.82) is 0 Å². The molecule has 2 aromatic carbocycles. The first-order valence-corrected chi connectivity index (χ1v) is 12.3. The highest BCUT2D eigenvalue weighted by Gasteiger charge is 2.32. The van der Waals surface area contributed by atoms with Crippen LogP contribution in [0.5, 0.6) is 17.2 Å². The SMILES string of the molecule is CCOc1ccc(NC(=O)C2CCN(S(=O)(=O)c3ccc4c(c3)OCCCO4)CC2)cc1. The van der Waals surface area contributed by atoms with E-state index in [1.165, 1.54) is 10.4 Å².